The molecule has 1 aliphatic carbocycles. The van der Waals surface area contributed by atoms with Crippen molar-refractivity contribution in [2.24, 2.45) is 5.92 Å². The minimum atomic E-state index is -0.605. The SMILES string of the molecule is CCOC(=O)CC1(c2cccc(OC)c2)CCCCC1C(=O)OC. The fourth-order valence-corrected chi connectivity index (χ4v) is 3.79. The number of esters is 2. The molecule has 5 heteroatoms. The third-order valence-corrected chi connectivity index (χ3v) is 4.93. The smallest absolute Gasteiger partial charge is 0.309 e. The van der Waals surface area contributed by atoms with E-state index in [-0.39, 0.29) is 24.3 Å². The number of ether oxygens (including phenoxy) is 3. The second-order valence-electron chi connectivity index (χ2n) is 6.19. The van der Waals surface area contributed by atoms with Gasteiger partial charge < -0.3 is 14.2 Å². The summed E-state index contributed by atoms with van der Waals surface area (Å²) in [6.45, 7) is 2.12. The van der Waals surface area contributed by atoms with Crippen molar-refractivity contribution < 1.29 is 23.8 Å². The van der Waals surface area contributed by atoms with Gasteiger partial charge in [-0.2, -0.15) is 0 Å². The van der Waals surface area contributed by atoms with E-state index >= 15 is 0 Å². The molecule has 5 nitrogen and oxygen atoms in total. The second-order valence-corrected chi connectivity index (χ2v) is 6.19. The molecule has 1 aromatic rings. The highest BCUT2D eigenvalue weighted by molar-refractivity contribution is 5.78. The first kappa shape index (κ1) is 18.3. The zero-order chi connectivity index (χ0) is 17.6. The Bertz CT molecular complexity index is 583. The molecule has 1 aromatic carbocycles. The van der Waals surface area contributed by atoms with Gasteiger partial charge in [0.05, 0.1) is 33.2 Å². The number of carbonyl (C=O) groups excluding carboxylic acids is 2. The first-order chi connectivity index (χ1) is 11.6. The lowest BCUT2D eigenvalue weighted by Gasteiger charge is -2.42. The van der Waals surface area contributed by atoms with Gasteiger partial charge in [0.15, 0.2) is 0 Å². The molecule has 1 saturated carbocycles. The van der Waals surface area contributed by atoms with Crippen LogP contribution in [0.4, 0.5) is 0 Å². The number of benzene rings is 1. The molecule has 1 fully saturated rings. The van der Waals surface area contributed by atoms with Gasteiger partial charge in [-0.05, 0) is 37.5 Å². The maximum absolute atomic E-state index is 12.4. The van der Waals surface area contributed by atoms with Crippen molar-refractivity contribution in [1.29, 1.82) is 0 Å². The summed E-state index contributed by atoms with van der Waals surface area (Å²) >= 11 is 0. The van der Waals surface area contributed by atoms with Crippen molar-refractivity contribution in [2.45, 2.75) is 44.4 Å². The molecule has 0 radical (unpaired) electrons. The van der Waals surface area contributed by atoms with Crippen LogP contribution in [0.2, 0.25) is 0 Å². The van der Waals surface area contributed by atoms with Gasteiger partial charge in [-0.25, -0.2) is 0 Å². The van der Waals surface area contributed by atoms with E-state index in [1.54, 1.807) is 14.0 Å². The minimum Gasteiger partial charge on any atom is -0.497 e. The Morgan fingerprint density at radius 1 is 1.25 bits per heavy atom. The highest BCUT2D eigenvalue weighted by Crippen LogP contribution is 2.47. The number of rotatable bonds is 6. The second kappa shape index (κ2) is 8.18. The van der Waals surface area contributed by atoms with Crippen LogP contribution in [0.15, 0.2) is 24.3 Å². The van der Waals surface area contributed by atoms with Crippen molar-refractivity contribution in [3.8, 4) is 5.75 Å². The van der Waals surface area contributed by atoms with Crippen molar-refractivity contribution >= 4 is 11.9 Å². The molecule has 0 bridgehead atoms. The summed E-state index contributed by atoms with van der Waals surface area (Å²) in [5.41, 5.74) is 0.330. The van der Waals surface area contributed by atoms with E-state index < -0.39 is 5.41 Å². The quantitative estimate of drug-likeness (QED) is 0.747. The normalized spacial score (nSPS) is 23.4. The average molecular weight is 334 g/mol. The Balaban J connectivity index is 2.49. The van der Waals surface area contributed by atoms with E-state index in [0.717, 1.165) is 24.8 Å². The first-order valence-corrected chi connectivity index (χ1v) is 8.45. The Kier molecular flexibility index (Phi) is 6.23. The average Bonchev–Trinajstić information content (AvgIpc) is 2.61. The van der Waals surface area contributed by atoms with Crippen LogP contribution in [0, 0.1) is 5.92 Å². The fraction of sp³-hybridized carbons (Fsp3) is 0.579. The molecular weight excluding hydrogens is 308 g/mol. The van der Waals surface area contributed by atoms with Gasteiger partial charge in [0.25, 0.3) is 0 Å². The molecule has 1 aliphatic rings. The standard InChI is InChI=1S/C19H26O5/c1-4-24-17(20)13-19(14-8-7-9-15(12-14)22-2)11-6-5-10-16(19)18(21)23-3/h7-9,12,16H,4-6,10-11,13H2,1-3H3. The van der Waals surface area contributed by atoms with Crippen LogP contribution in [-0.2, 0) is 24.5 Å². The molecule has 0 saturated heterocycles. The summed E-state index contributed by atoms with van der Waals surface area (Å²) in [4.78, 5) is 24.7. The highest BCUT2D eigenvalue weighted by atomic mass is 16.5. The molecule has 0 N–H and O–H groups in total. The van der Waals surface area contributed by atoms with E-state index in [0.29, 0.717) is 18.8 Å². The molecule has 0 heterocycles. The van der Waals surface area contributed by atoms with Crippen LogP contribution in [0.5, 0.6) is 5.75 Å². The highest BCUT2D eigenvalue weighted by Gasteiger charge is 2.48. The van der Waals surface area contributed by atoms with E-state index in [1.807, 2.05) is 24.3 Å². The molecule has 2 atom stereocenters. The molecule has 24 heavy (non-hydrogen) atoms. The van der Waals surface area contributed by atoms with Crippen molar-refractivity contribution in [2.75, 3.05) is 20.8 Å². The van der Waals surface area contributed by atoms with E-state index in [1.165, 1.54) is 7.11 Å². The molecule has 0 spiro atoms. The zero-order valence-corrected chi connectivity index (χ0v) is 14.7. The van der Waals surface area contributed by atoms with Gasteiger partial charge >= 0.3 is 11.9 Å². The molecule has 0 aliphatic heterocycles. The molecule has 132 valence electrons. The van der Waals surface area contributed by atoms with Crippen LogP contribution in [0.25, 0.3) is 0 Å². The van der Waals surface area contributed by atoms with Crippen LogP contribution in [0.1, 0.15) is 44.6 Å². The fourth-order valence-electron chi connectivity index (χ4n) is 3.79. The van der Waals surface area contributed by atoms with Gasteiger partial charge in [0.2, 0.25) is 0 Å². The van der Waals surface area contributed by atoms with E-state index in [4.69, 9.17) is 14.2 Å². The summed E-state index contributed by atoms with van der Waals surface area (Å²) in [7, 11) is 3.01. The van der Waals surface area contributed by atoms with Gasteiger partial charge in [0.1, 0.15) is 5.75 Å². The number of hydrogen-bond donors (Lipinski definition) is 0. The number of methoxy groups -OCH3 is 2. The van der Waals surface area contributed by atoms with Crippen molar-refractivity contribution in [1.82, 2.24) is 0 Å². The first-order valence-electron chi connectivity index (χ1n) is 8.45. The van der Waals surface area contributed by atoms with Crippen molar-refractivity contribution in [3.05, 3.63) is 29.8 Å². The van der Waals surface area contributed by atoms with Gasteiger partial charge in [-0.15, -0.1) is 0 Å². The summed E-state index contributed by atoms with van der Waals surface area (Å²) in [6, 6.07) is 7.63. The largest absolute Gasteiger partial charge is 0.497 e. The van der Waals surface area contributed by atoms with Crippen molar-refractivity contribution in [3.63, 3.8) is 0 Å². The van der Waals surface area contributed by atoms with E-state index in [2.05, 4.69) is 0 Å². The van der Waals surface area contributed by atoms with Gasteiger partial charge in [0, 0.05) is 5.41 Å². The monoisotopic (exact) mass is 334 g/mol. The van der Waals surface area contributed by atoms with Crippen LogP contribution < -0.4 is 4.74 Å². The maximum atomic E-state index is 12.4. The predicted octanol–water partition coefficient (Wildman–Crippen LogP) is 3.25. The molecule has 2 unspecified atom stereocenters. The topological polar surface area (TPSA) is 61.8 Å². The van der Waals surface area contributed by atoms with Gasteiger partial charge in [-0.3, -0.25) is 9.59 Å². The van der Waals surface area contributed by atoms with Crippen LogP contribution in [0.3, 0.4) is 0 Å². The summed E-state index contributed by atoms with van der Waals surface area (Å²) < 4.78 is 15.6. The molecule has 0 aromatic heterocycles. The Morgan fingerprint density at radius 2 is 2.04 bits per heavy atom. The van der Waals surface area contributed by atoms with Gasteiger partial charge in [-0.1, -0.05) is 25.0 Å². The van der Waals surface area contributed by atoms with Crippen LogP contribution >= 0.6 is 0 Å². The minimum absolute atomic E-state index is 0.174. The Hall–Kier alpha value is -2.04. The predicted molar refractivity (Wildman–Crippen MR) is 89.9 cm³/mol. The molecule has 2 rings (SSSR count). The Labute approximate surface area is 143 Å². The van der Waals surface area contributed by atoms with E-state index in [9.17, 15) is 9.59 Å². The summed E-state index contributed by atoms with van der Waals surface area (Å²) in [6.07, 6.45) is 3.55. The zero-order valence-electron chi connectivity index (χ0n) is 14.7. The summed E-state index contributed by atoms with van der Waals surface area (Å²) in [5, 5.41) is 0. The van der Waals surface area contributed by atoms with Crippen LogP contribution in [-0.4, -0.2) is 32.8 Å². The lowest BCUT2D eigenvalue weighted by Crippen LogP contribution is -2.44. The number of hydrogen-bond acceptors (Lipinski definition) is 5. The Morgan fingerprint density at radius 3 is 2.71 bits per heavy atom. The third-order valence-electron chi connectivity index (χ3n) is 4.93. The molecule has 0 amide bonds. The third kappa shape index (κ3) is 3.71. The summed E-state index contributed by atoms with van der Waals surface area (Å²) in [5.74, 6) is -0.185. The number of carbonyl (C=O) groups is 2. The lowest BCUT2D eigenvalue weighted by atomic mass is 9.60. The molecular formula is C19H26O5. The lowest BCUT2D eigenvalue weighted by molar-refractivity contribution is -0.153. The maximum Gasteiger partial charge on any atom is 0.309 e.